The van der Waals surface area contributed by atoms with Gasteiger partial charge in [0, 0.05) is 12.7 Å². The van der Waals surface area contributed by atoms with E-state index in [1.165, 1.54) is 6.08 Å². The van der Waals surface area contributed by atoms with E-state index in [2.05, 4.69) is 5.32 Å². The summed E-state index contributed by atoms with van der Waals surface area (Å²) in [7, 11) is 1.77. The average molecular weight is 99.1 g/mol. The third-order valence-corrected chi connectivity index (χ3v) is 0.712. The number of aldehydes is 1. The van der Waals surface area contributed by atoms with Gasteiger partial charge >= 0.3 is 0 Å². The Bertz CT molecular complexity index is 86.1. The van der Waals surface area contributed by atoms with E-state index in [9.17, 15) is 4.79 Å². The van der Waals surface area contributed by atoms with Gasteiger partial charge in [-0.2, -0.15) is 0 Å². The maximum Gasteiger partial charge on any atom is 0.144 e. The summed E-state index contributed by atoms with van der Waals surface area (Å²) >= 11 is 0. The number of carbonyl (C=O) groups is 1. The van der Waals surface area contributed by atoms with Gasteiger partial charge in [0.15, 0.2) is 0 Å². The molecule has 0 atom stereocenters. The molecule has 0 aromatic carbocycles. The van der Waals surface area contributed by atoms with E-state index in [0.29, 0.717) is 0 Å². The van der Waals surface area contributed by atoms with Gasteiger partial charge < -0.3 is 5.32 Å². The molecule has 0 heterocycles. The Hall–Kier alpha value is -0.790. The van der Waals surface area contributed by atoms with Gasteiger partial charge in [-0.25, -0.2) is 0 Å². The third-order valence-electron chi connectivity index (χ3n) is 0.712. The first-order chi connectivity index (χ1) is 3.31. The normalized spacial score (nSPS) is 10.9. The molecule has 0 radical (unpaired) electrons. The lowest BCUT2D eigenvalue weighted by Crippen LogP contribution is -2.00. The number of hydrogen-bond donors (Lipinski definition) is 1. The highest BCUT2D eigenvalue weighted by molar-refractivity contribution is 5.65. The Kier molecular flexibility index (Phi) is 3.02. The molecule has 2 heteroatoms. The van der Waals surface area contributed by atoms with Gasteiger partial charge in [0.25, 0.3) is 0 Å². The Morgan fingerprint density at radius 2 is 2.29 bits per heavy atom. The zero-order valence-corrected chi connectivity index (χ0v) is 4.56. The van der Waals surface area contributed by atoms with Crippen LogP contribution in [0.3, 0.4) is 0 Å². The monoisotopic (exact) mass is 99.1 g/mol. The standard InChI is InChI=1S/C5H9NO/c1-5(6-2)3-4-7/h3-4,6H,1-2H3/b5-3-. The lowest BCUT2D eigenvalue weighted by Gasteiger charge is -1.91. The minimum Gasteiger partial charge on any atom is -0.392 e. The molecule has 0 saturated carbocycles. The molecule has 1 N–H and O–H groups in total. The Balaban J connectivity index is 3.49. The van der Waals surface area contributed by atoms with Crippen LogP contribution in [0.1, 0.15) is 6.92 Å². The van der Waals surface area contributed by atoms with Gasteiger partial charge in [-0.1, -0.05) is 0 Å². The average Bonchev–Trinajstić information content (AvgIpc) is 1.68. The molecule has 0 spiro atoms. The molecule has 0 aromatic rings. The second-order valence-corrected chi connectivity index (χ2v) is 1.24. The predicted octanol–water partition coefficient (Wildman–Crippen LogP) is 0.309. The molecule has 0 saturated heterocycles. The van der Waals surface area contributed by atoms with Gasteiger partial charge in [0.05, 0.1) is 0 Å². The first-order valence-electron chi connectivity index (χ1n) is 2.11. The van der Waals surface area contributed by atoms with Crippen LogP contribution < -0.4 is 5.32 Å². The summed E-state index contributed by atoms with van der Waals surface area (Å²) in [6.45, 7) is 1.83. The van der Waals surface area contributed by atoms with E-state index in [4.69, 9.17) is 0 Å². The SMILES string of the molecule is CN/C(C)=C\C=O. The second kappa shape index (κ2) is 3.40. The van der Waals surface area contributed by atoms with Crippen LogP contribution in [0.15, 0.2) is 11.8 Å². The molecule has 40 valence electrons. The summed E-state index contributed by atoms with van der Waals surface area (Å²) in [6, 6.07) is 0. The molecule has 0 rings (SSSR count). The number of hydrogen-bond acceptors (Lipinski definition) is 2. The van der Waals surface area contributed by atoms with E-state index in [1.54, 1.807) is 7.05 Å². The largest absolute Gasteiger partial charge is 0.392 e. The van der Waals surface area contributed by atoms with Crippen molar-refractivity contribution in [2.45, 2.75) is 6.92 Å². The smallest absolute Gasteiger partial charge is 0.144 e. The van der Waals surface area contributed by atoms with E-state index >= 15 is 0 Å². The van der Waals surface area contributed by atoms with Crippen molar-refractivity contribution in [3.05, 3.63) is 11.8 Å². The van der Waals surface area contributed by atoms with Gasteiger partial charge in [-0.3, -0.25) is 4.79 Å². The zero-order valence-electron chi connectivity index (χ0n) is 4.56. The topological polar surface area (TPSA) is 29.1 Å². The lowest BCUT2D eigenvalue weighted by atomic mass is 10.5. The summed E-state index contributed by atoms with van der Waals surface area (Å²) in [5.41, 5.74) is 0.884. The van der Waals surface area contributed by atoms with Gasteiger partial charge in [-0.15, -0.1) is 0 Å². The van der Waals surface area contributed by atoms with Crippen LogP contribution >= 0.6 is 0 Å². The van der Waals surface area contributed by atoms with E-state index in [-0.39, 0.29) is 0 Å². The van der Waals surface area contributed by atoms with E-state index in [1.807, 2.05) is 6.92 Å². The van der Waals surface area contributed by atoms with Crippen LogP contribution in [-0.4, -0.2) is 13.3 Å². The highest BCUT2D eigenvalue weighted by Crippen LogP contribution is 1.76. The van der Waals surface area contributed by atoms with Crippen molar-refractivity contribution in [3.63, 3.8) is 0 Å². The summed E-state index contributed by atoms with van der Waals surface area (Å²) in [5.74, 6) is 0. The van der Waals surface area contributed by atoms with Crippen molar-refractivity contribution in [1.82, 2.24) is 5.32 Å². The highest BCUT2D eigenvalue weighted by Gasteiger charge is 1.73. The second-order valence-electron chi connectivity index (χ2n) is 1.24. The van der Waals surface area contributed by atoms with Crippen molar-refractivity contribution in [1.29, 1.82) is 0 Å². The predicted molar refractivity (Wildman–Crippen MR) is 28.9 cm³/mol. The highest BCUT2D eigenvalue weighted by atomic mass is 16.1. The number of rotatable bonds is 2. The van der Waals surface area contributed by atoms with Crippen LogP contribution in [0, 0.1) is 0 Å². The van der Waals surface area contributed by atoms with Crippen LogP contribution in [-0.2, 0) is 4.79 Å². The fourth-order valence-electron chi connectivity index (χ4n) is 0.185. The van der Waals surface area contributed by atoms with Crippen molar-refractivity contribution < 1.29 is 4.79 Å². The van der Waals surface area contributed by atoms with E-state index < -0.39 is 0 Å². The molecule has 0 unspecified atom stereocenters. The minimum atomic E-state index is 0.756. The van der Waals surface area contributed by atoms with Crippen LogP contribution in [0.25, 0.3) is 0 Å². The quantitative estimate of drug-likeness (QED) is 0.398. The van der Waals surface area contributed by atoms with Crippen LogP contribution in [0.2, 0.25) is 0 Å². The first kappa shape index (κ1) is 6.21. The fourth-order valence-corrected chi connectivity index (χ4v) is 0.185. The van der Waals surface area contributed by atoms with Crippen molar-refractivity contribution in [2.75, 3.05) is 7.05 Å². The molecule has 0 aliphatic rings. The van der Waals surface area contributed by atoms with Crippen LogP contribution in [0.5, 0.6) is 0 Å². The fraction of sp³-hybridized carbons (Fsp3) is 0.400. The summed E-state index contributed by atoms with van der Waals surface area (Å²) < 4.78 is 0. The molecule has 0 aromatic heterocycles. The lowest BCUT2D eigenvalue weighted by molar-refractivity contribution is -0.104. The Morgan fingerprint density at radius 3 is 2.43 bits per heavy atom. The molecule has 2 nitrogen and oxygen atoms in total. The summed E-state index contributed by atoms with van der Waals surface area (Å²) in [4.78, 5) is 9.66. The minimum absolute atomic E-state index is 0.756. The maximum atomic E-state index is 9.66. The molecular weight excluding hydrogens is 90.1 g/mol. The zero-order chi connectivity index (χ0) is 5.70. The maximum absolute atomic E-state index is 9.66. The number of allylic oxidation sites excluding steroid dienone is 2. The summed E-state index contributed by atoms with van der Waals surface area (Å²) in [6.07, 6.45) is 2.23. The third kappa shape index (κ3) is 3.03. The van der Waals surface area contributed by atoms with Crippen LogP contribution in [0.4, 0.5) is 0 Å². The first-order valence-corrected chi connectivity index (χ1v) is 2.11. The Labute approximate surface area is 43.2 Å². The van der Waals surface area contributed by atoms with Crippen molar-refractivity contribution in [3.8, 4) is 0 Å². The molecule has 0 fully saturated rings. The molecule has 0 aliphatic carbocycles. The molecular formula is C5H9NO. The number of nitrogens with one attached hydrogen (secondary N) is 1. The summed E-state index contributed by atoms with van der Waals surface area (Å²) in [5, 5.41) is 2.80. The molecule has 7 heavy (non-hydrogen) atoms. The van der Waals surface area contributed by atoms with Gasteiger partial charge in [-0.05, 0) is 13.0 Å². The molecule has 0 aliphatic heterocycles. The van der Waals surface area contributed by atoms with Gasteiger partial charge in [0.1, 0.15) is 6.29 Å². The van der Waals surface area contributed by atoms with Crippen molar-refractivity contribution >= 4 is 6.29 Å². The molecule has 0 bridgehead atoms. The van der Waals surface area contributed by atoms with Gasteiger partial charge in [0.2, 0.25) is 0 Å². The Morgan fingerprint density at radius 1 is 1.71 bits per heavy atom. The van der Waals surface area contributed by atoms with Crippen molar-refractivity contribution in [2.24, 2.45) is 0 Å². The van der Waals surface area contributed by atoms with E-state index in [0.717, 1.165) is 12.0 Å². The number of carbonyl (C=O) groups excluding carboxylic acids is 1. The molecule has 0 amide bonds.